The summed E-state index contributed by atoms with van der Waals surface area (Å²) >= 11 is 1.70. The summed E-state index contributed by atoms with van der Waals surface area (Å²) in [6, 6.07) is 0. The molecule has 21 heavy (non-hydrogen) atoms. The minimum Gasteiger partial charge on any atom is -0.339 e. The van der Waals surface area contributed by atoms with E-state index in [-0.39, 0.29) is 36.6 Å². The van der Waals surface area contributed by atoms with Gasteiger partial charge in [0.25, 0.3) is 0 Å². The second kappa shape index (κ2) is 9.62. The number of hydrogen-bond donors (Lipinski definition) is 1. The molecule has 1 amide bonds. The van der Waals surface area contributed by atoms with Crippen molar-refractivity contribution in [1.82, 2.24) is 9.88 Å². The lowest BCUT2D eigenvalue weighted by Crippen LogP contribution is -2.36. The van der Waals surface area contributed by atoms with E-state index in [1.165, 1.54) is 4.88 Å². The third-order valence-corrected chi connectivity index (χ3v) is 5.10. The van der Waals surface area contributed by atoms with Crippen LogP contribution in [0.25, 0.3) is 0 Å². The number of thiazole rings is 1. The van der Waals surface area contributed by atoms with Gasteiger partial charge < -0.3 is 10.6 Å². The number of nitrogens with zero attached hydrogens (tertiary/aromatic N) is 2. The molecule has 2 atom stereocenters. The topological polar surface area (TPSA) is 59.2 Å². The standard InChI is InChI=1S/C14H23N3OS.2ClH/c1-3-11-8-16-13(19-11)9-17(2)14(18)12-6-4-5-10(12)7-15;;/h8,10,12H,3-7,9,15H2,1-2H3;2*1H/t10-,12-;;/m1../s1. The molecule has 0 aromatic carbocycles. The van der Waals surface area contributed by atoms with Gasteiger partial charge in [-0.15, -0.1) is 36.2 Å². The third kappa shape index (κ3) is 5.09. The molecule has 1 saturated carbocycles. The number of aromatic nitrogens is 1. The molecule has 1 aliphatic rings. The van der Waals surface area contributed by atoms with Gasteiger partial charge in [-0.05, 0) is 31.7 Å². The Morgan fingerprint density at radius 2 is 2.19 bits per heavy atom. The summed E-state index contributed by atoms with van der Waals surface area (Å²) < 4.78 is 0. The zero-order valence-electron chi connectivity index (χ0n) is 12.6. The fourth-order valence-electron chi connectivity index (χ4n) is 2.79. The molecule has 2 N–H and O–H groups in total. The molecule has 0 radical (unpaired) electrons. The van der Waals surface area contributed by atoms with Crippen molar-refractivity contribution in [1.29, 1.82) is 0 Å². The Balaban J connectivity index is 0.00000200. The van der Waals surface area contributed by atoms with E-state index in [9.17, 15) is 4.79 Å². The molecule has 122 valence electrons. The first-order chi connectivity index (χ1) is 9.15. The second-order valence-corrected chi connectivity index (χ2v) is 6.50. The van der Waals surface area contributed by atoms with Crippen molar-refractivity contribution in [3.05, 3.63) is 16.1 Å². The SMILES string of the molecule is CCc1cnc(CN(C)C(=O)[C@@H]2CCC[C@@H]2CN)s1.Cl.Cl. The van der Waals surface area contributed by atoms with Crippen molar-refractivity contribution in [3.63, 3.8) is 0 Å². The predicted octanol–water partition coefficient (Wildman–Crippen LogP) is 2.88. The highest BCUT2D eigenvalue weighted by Crippen LogP contribution is 2.32. The molecule has 0 bridgehead atoms. The van der Waals surface area contributed by atoms with Gasteiger partial charge in [-0.3, -0.25) is 4.79 Å². The Labute approximate surface area is 143 Å². The van der Waals surface area contributed by atoms with Crippen LogP contribution in [-0.2, 0) is 17.8 Å². The van der Waals surface area contributed by atoms with E-state index in [2.05, 4.69) is 11.9 Å². The number of hydrogen-bond acceptors (Lipinski definition) is 4. The number of amides is 1. The van der Waals surface area contributed by atoms with Gasteiger partial charge >= 0.3 is 0 Å². The van der Waals surface area contributed by atoms with E-state index < -0.39 is 0 Å². The molecule has 7 heteroatoms. The van der Waals surface area contributed by atoms with Gasteiger partial charge in [-0.2, -0.15) is 0 Å². The molecule has 0 aliphatic heterocycles. The summed E-state index contributed by atoms with van der Waals surface area (Å²) in [4.78, 5) is 19.9. The van der Waals surface area contributed by atoms with Crippen molar-refractivity contribution in [2.45, 2.75) is 39.2 Å². The van der Waals surface area contributed by atoms with Crippen molar-refractivity contribution in [3.8, 4) is 0 Å². The number of rotatable bonds is 5. The fraction of sp³-hybridized carbons (Fsp3) is 0.714. The maximum atomic E-state index is 12.4. The van der Waals surface area contributed by atoms with Crippen LogP contribution in [0.1, 0.15) is 36.1 Å². The highest BCUT2D eigenvalue weighted by atomic mass is 35.5. The quantitative estimate of drug-likeness (QED) is 0.885. The van der Waals surface area contributed by atoms with E-state index in [1.807, 2.05) is 18.1 Å². The van der Waals surface area contributed by atoms with E-state index in [4.69, 9.17) is 5.73 Å². The van der Waals surface area contributed by atoms with Crippen LogP contribution >= 0.6 is 36.2 Å². The molecule has 0 unspecified atom stereocenters. The van der Waals surface area contributed by atoms with Gasteiger partial charge in [0.2, 0.25) is 5.91 Å². The van der Waals surface area contributed by atoms with Crippen LogP contribution < -0.4 is 5.73 Å². The maximum Gasteiger partial charge on any atom is 0.226 e. The van der Waals surface area contributed by atoms with E-state index >= 15 is 0 Å². The van der Waals surface area contributed by atoms with Gasteiger partial charge in [0.05, 0.1) is 6.54 Å². The molecule has 1 aliphatic carbocycles. The smallest absolute Gasteiger partial charge is 0.226 e. The number of aryl methyl sites for hydroxylation is 1. The zero-order chi connectivity index (χ0) is 13.8. The second-order valence-electron chi connectivity index (χ2n) is 5.30. The lowest BCUT2D eigenvalue weighted by Gasteiger charge is -2.23. The summed E-state index contributed by atoms with van der Waals surface area (Å²) in [7, 11) is 1.88. The Bertz CT molecular complexity index is 442. The molecule has 1 aromatic rings. The molecule has 0 saturated heterocycles. The lowest BCUT2D eigenvalue weighted by atomic mass is 9.95. The first-order valence-corrected chi connectivity index (χ1v) is 7.86. The highest BCUT2D eigenvalue weighted by Gasteiger charge is 2.33. The third-order valence-electron chi connectivity index (χ3n) is 3.98. The first-order valence-electron chi connectivity index (χ1n) is 7.04. The summed E-state index contributed by atoms with van der Waals surface area (Å²) in [6.07, 6.45) is 6.13. The van der Waals surface area contributed by atoms with Gasteiger partial charge in [0, 0.05) is 24.0 Å². The molecule has 2 rings (SSSR count). The summed E-state index contributed by atoms with van der Waals surface area (Å²) in [5.74, 6) is 0.735. The molecular formula is C14H25Cl2N3OS. The van der Waals surface area contributed by atoms with Gasteiger partial charge in [-0.25, -0.2) is 4.98 Å². The van der Waals surface area contributed by atoms with Crippen LogP contribution in [0.3, 0.4) is 0 Å². The summed E-state index contributed by atoms with van der Waals surface area (Å²) in [5, 5.41) is 1.02. The van der Waals surface area contributed by atoms with E-state index in [0.717, 1.165) is 30.7 Å². The van der Waals surface area contributed by atoms with Gasteiger partial charge in [0.15, 0.2) is 0 Å². The van der Waals surface area contributed by atoms with Crippen LogP contribution in [0.4, 0.5) is 0 Å². The lowest BCUT2D eigenvalue weighted by molar-refractivity contribution is -0.135. The highest BCUT2D eigenvalue weighted by molar-refractivity contribution is 7.11. The normalized spacial score (nSPS) is 20.5. The zero-order valence-corrected chi connectivity index (χ0v) is 15.0. The molecule has 4 nitrogen and oxygen atoms in total. The maximum absolute atomic E-state index is 12.4. The van der Waals surface area contributed by atoms with Crippen LogP contribution in [-0.4, -0.2) is 29.4 Å². The largest absolute Gasteiger partial charge is 0.339 e. The molecule has 1 aromatic heterocycles. The Kier molecular flexibility index (Phi) is 9.45. The average Bonchev–Trinajstić information content (AvgIpc) is 3.05. The monoisotopic (exact) mass is 353 g/mol. The summed E-state index contributed by atoms with van der Waals surface area (Å²) in [5.41, 5.74) is 5.76. The van der Waals surface area contributed by atoms with Crippen molar-refractivity contribution in [2.75, 3.05) is 13.6 Å². The average molecular weight is 354 g/mol. The Morgan fingerprint density at radius 1 is 1.48 bits per heavy atom. The molecular weight excluding hydrogens is 329 g/mol. The van der Waals surface area contributed by atoms with E-state index in [0.29, 0.717) is 19.0 Å². The minimum atomic E-state index is 0. The van der Waals surface area contributed by atoms with Crippen molar-refractivity contribution in [2.24, 2.45) is 17.6 Å². The fourth-order valence-corrected chi connectivity index (χ4v) is 3.71. The number of halogens is 2. The van der Waals surface area contributed by atoms with Crippen LogP contribution in [0, 0.1) is 11.8 Å². The number of carbonyl (C=O) groups excluding carboxylic acids is 1. The van der Waals surface area contributed by atoms with Crippen LogP contribution in [0.5, 0.6) is 0 Å². The van der Waals surface area contributed by atoms with E-state index in [1.54, 1.807) is 11.3 Å². The van der Waals surface area contributed by atoms with Crippen LogP contribution in [0.15, 0.2) is 6.20 Å². The molecule has 1 heterocycles. The van der Waals surface area contributed by atoms with Crippen LogP contribution in [0.2, 0.25) is 0 Å². The minimum absolute atomic E-state index is 0. The number of nitrogens with two attached hydrogens (primary N) is 1. The van der Waals surface area contributed by atoms with Gasteiger partial charge in [-0.1, -0.05) is 13.3 Å². The Morgan fingerprint density at radius 3 is 2.76 bits per heavy atom. The van der Waals surface area contributed by atoms with Gasteiger partial charge in [0.1, 0.15) is 5.01 Å². The van der Waals surface area contributed by atoms with Crippen molar-refractivity contribution < 1.29 is 4.79 Å². The Hall–Kier alpha value is -0.360. The van der Waals surface area contributed by atoms with Crippen molar-refractivity contribution >= 4 is 42.1 Å². The first kappa shape index (κ1) is 20.6. The molecule has 0 spiro atoms. The summed E-state index contributed by atoms with van der Waals surface area (Å²) in [6.45, 7) is 3.37. The molecule has 1 fully saturated rings. The number of carbonyl (C=O) groups is 1. The predicted molar refractivity (Wildman–Crippen MR) is 92.3 cm³/mol.